The van der Waals surface area contributed by atoms with Crippen LogP contribution in [0.25, 0.3) is 0 Å². The van der Waals surface area contributed by atoms with Crippen LogP contribution in [-0.4, -0.2) is 29.9 Å². The number of carbonyl (C=O) groups excluding carboxylic acids is 1. The summed E-state index contributed by atoms with van der Waals surface area (Å²) in [4.78, 5) is 13.5. The van der Waals surface area contributed by atoms with Gasteiger partial charge in [0.25, 0.3) is 0 Å². The fourth-order valence-electron chi connectivity index (χ4n) is 1.68. The number of hydrogen-bond acceptors (Lipinski definition) is 2. The molecular formula is C11H18N2O. The number of nitrogens with two attached hydrogens (primary N) is 1. The summed E-state index contributed by atoms with van der Waals surface area (Å²) in [5, 5.41) is 0. The number of carbonyl (C=O) groups is 1. The van der Waals surface area contributed by atoms with Gasteiger partial charge in [-0.2, -0.15) is 0 Å². The molecule has 78 valence electrons. The quantitative estimate of drug-likeness (QED) is 0.654. The van der Waals surface area contributed by atoms with Crippen molar-refractivity contribution >= 4 is 5.91 Å². The van der Waals surface area contributed by atoms with Gasteiger partial charge in [-0.15, -0.1) is 12.3 Å². The molecular weight excluding hydrogens is 176 g/mol. The van der Waals surface area contributed by atoms with Crippen LogP contribution in [0.3, 0.4) is 0 Å². The lowest BCUT2D eigenvalue weighted by Crippen LogP contribution is -2.46. The van der Waals surface area contributed by atoms with Crippen LogP contribution in [-0.2, 0) is 4.79 Å². The van der Waals surface area contributed by atoms with E-state index in [-0.39, 0.29) is 5.91 Å². The Kier molecular flexibility index (Phi) is 3.97. The van der Waals surface area contributed by atoms with E-state index in [2.05, 4.69) is 12.8 Å². The predicted molar refractivity (Wildman–Crippen MR) is 56.4 cm³/mol. The molecule has 1 atom stereocenters. The minimum absolute atomic E-state index is 0.00912. The summed E-state index contributed by atoms with van der Waals surface area (Å²) in [7, 11) is 0. The minimum atomic E-state index is -0.506. The van der Waals surface area contributed by atoms with Gasteiger partial charge in [0.05, 0.1) is 6.04 Å². The van der Waals surface area contributed by atoms with E-state index in [1.165, 1.54) is 0 Å². The summed E-state index contributed by atoms with van der Waals surface area (Å²) in [6, 6.07) is -0.506. The van der Waals surface area contributed by atoms with Crippen molar-refractivity contribution in [1.82, 2.24) is 4.90 Å². The number of terminal acetylenes is 1. The maximum absolute atomic E-state index is 11.7. The monoisotopic (exact) mass is 194 g/mol. The summed E-state index contributed by atoms with van der Waals surface area (Å²) in [5.41, 5.74) is 5.66. The first-order valence-corrected chi connectivity index (χ1v) is 5.13. The zero-order valence-corrected chi connectivity index (χ0v) is 8.70. The van der Waals surface area contributed by atoms with Crippen LogP contribution in [0.4, 0.5) is 0 Å². The van der Waals surface area contributed by atoms with E-state index in [0.29, 0.717) is 6.42 Å². The van der Waals surface area contributed by atoms with Crippen molar-refractivity contribution in [1.29, 1.82) is 0 Å². The molecule has 0 bridgehead atoms. The van der Waals surface area contributed by atoms with Crippen molar-refractivity contribution in [2.24, 2.45) is 11.7 Å². The second-order valence-electron chi connectivity index (χ2n) is 4.02. The Morgan fingerprint density at radius 2 is 2.21 bits per heavy atom. The maximum Gasteiger partial charge on any atom is 0.240 e. The highest BCUT2D eigenvalue weighted by Gasteiger charge is 2.23. The molecule has 1 rings (SSSR count). The number of rotatable bonds is 2. The molecule has 1 aliphatic heterocycles. The van der Waals surface area contributed by atoms with Gasteiger partial charge in [-0.1, -0.05) is 6.92 Å². The largest absolute Gasteiger partial charge is 0.341 e. The van der Waals surface area contributed by atoms with Crippen molar-refractivity contribution < 1.29 is 4.79 Å². The van der Waals surface area contributed by atoms with Gasteiger partial charge < -0.3 is 10.6 Å². The van der Waals surface area contributed by atoms with Gasteiger partial charge in [-0.25, -0.2) is 0 Å². The fourth-order valence-corrected chi connectivity index (χ4v) is 1.68. The van der Waals surface area contributed by atoms with Gasteiger partial charge in [-0.05, 0) is 18.8 Å². The van der Waals surface area contributed by atoms with E-state index < -0.39 is 6.04 Å². The van der Waals surface area contributed by atoms with Gasteiger partial charge in [-0.3, -0.25) is 4.79 Å². The number of piperidine rings is 1. The third-order valence-corrected chi connectivity index (χ3v) is 2.75. The van der Waals surface area contributed by atoms with Crippen LogP contribution in [0.15, 0.2) is 0 Å². The molecule has 1 saturated heterocycles. The van der Waals surface area contributed by atoms with Crippen molar-refractivity contribution in [3.63, 3.8) is 0 Å². The van der Waals surface area contributed by atoms with Crippen molar-refractivity contribution in [2.75, 3.05) is 13.1 Å². The van der Waals surface area contributed by atoms with Crippen LogP contribution in [0.1, 0.15) is 26.2 Å². The molecule has 0 saturated carbocycles. The Bertz CT molecular complexity index is 236. The SMILES string of the molecule is C#CCC(N)C(=O)N1CCC(C)CC1. The van der Waals surface area contributed by atoms with Crippen LogP contribution < -0.4 is 5.73 Å². The Labute approximate surface area is 85.6 Å². The number of hydrogen-bond donors (Lipinski definition) is 1. The number of amides is 1. The van der Waals surface area contributed by atoms with E-state index >= 15 is 0 Å². The first kappa shape index (κ1) is 11.1. The molecule has 0 aromatic rings. The molecule has 0 spiro atoms. The molecule has 1 fully saturated rings. The average molecular weight is 194 g/mol. The van der Waals surface area contributed by atoms with Crippen LogP contribution in [0, 0.1) is 18.3 Å². The molecule has 14 heavy (non-hydrogen) atoms. The summed E-state index contributed by atoms with van der Waals surface area (Å²) in [6.07, 6.45) is 7.61. The number of nitrogens with zero attached hydrogens (tertiary/aromatic N) is 1. The highest BCUT2D eigenvalue weighted by Crippen LogP contribution is 2.16. The molecule has 1 unspecified atom stereocenters. The molecule has 0 aliphatic carbocycles. The highest BCUT2D eigenvalue weighted by atomic mass is 16.2. The lowest BCUT2D eigenvalue weighted by atomic mass is 9.98. The third kappa shape index (κ3) is 2.74. The summed E-state index contributed by atoms with van der Waals surface area (Å²) in [5.74, 6) is 3.16. The Hall–Kier alpha value is -1.01. The molecule has 1 aliphatic rings. The molecule has 0 radical (unpaired) electrons. The van der Waals surface area contributed by atoms with Crippen molar-refractivity contribution in [3.05, 3.63) is 0 Å². The number of likely N-dealkylation sites (tertiary alicyclic amines) is 1. The second kappa shape index (κ2) is 5.02. The zero-order chi connectivity index (χ0) is 10.6. The average Bonchev–Trinajstić information content (AvgIpc) is 2.18. The van der Waals surface area contributed by atoms with Crippen LogP contribution in [0.2, 0.25) is 0 Å². The Balaban J connectivity index is 2.42. The van der Waals surface area contributed by atoms with Gasteiger partial charge in [0.15, 0.2) is 0 Å². The molecule has 1 heterocycles. The molecule has 1 amide bonds. The van der Waals surface area contributed by atoms with Gasteiger partial charge in [0.2, 0.25) is 5.91 Å². The topological polar surface area (TPSA) is 46.3 Å². The van der Waals surface area contributed by atoms with E-state index in [0.717, 1.165) is 31.8 Å². The predicted octanol–water partition coefficient (Wildman–Crippen LogP) is 0.595. The molecule has 3 nitrogen and oxygen atoms in total. The van der Waals surface area contributed by atoms with Gasteiger partial charge >= 0.3 is 0 Å². The maximum atomic E-state index is 11.7. The van der Waals surface area contributed by atoms with Crippen molar-refractivity contribution in [3.8, 4) is 12.3 Å². The minimum Gasteiger partial charge on any atom is -0.341 e. The molecule has 0 aromatic heterocycles. The molecule has 0 aromatic carbocycles. The summed E-state index contributed by atoms with van der Waals surface area (Å²) in [6.45, 7) is 3.87. The summed E-state index contributed by atoms with van der Waals surface area (Å²) < 4.78 is 0. The van der Waals surface area contributed by atoms with Gasteiger partial charge in [0.1, 0.15) is 0 Å². The normalized spacial score (nSPS) is 20.2. The van der Waals surface area contributed by atoms with E-state index in [1.54, 1.807) is 0 Å². The van der Waals surface area contributed by atoms with Gasteiger partial charge in [0, 0.05) is 19.5 Å². The molecule has 3 heteroatoms. The molecule has 2 N–H and O–H groups in total. The summed E-state index contributed by atoms with van der Waals surface area (Å²) >= 11 is 0. The second-order valence-corrected chi connectivity index (χ2v) is 4.02. The fraction of sp³-hybridized carbons (Fsp3) is 0.727. The lowest BCUT2D eigenvalue weighted by Gasteiger charge is -2.31. The Morgan fingerprint density at radius 3 is 2.71 bits per heavy atom. The van der Waals surface area contributed by atoms with Crippen LogP contribution in [0.5, 0.6) is 0 Å². The first-order chi connectivity index (χ1) is 6.65. The van der Waals surface area contributed by atoms with Crippen molar-refractivity contribution in [2.45, 2.75) is 32.2 Å². The van der Waals surface area contributed by atoms with Crippen LogP contribution >= 0.6 is 0 Å². The Morgan fingerprint density at radius 1 is 1.64 bits per heavy atom. The standard InChI is InChI=1S/C11H18N2O/c1-3-4-10(12)11(14)13-7-5-9(2)6-8-13/h1,9-10H,4-8,12H2,2H3. The first-order valence-electron chi connectivity index (χ1n) is 5.13. The highest BCUT2D eigenvalue weighted by molar-refractivity contribution is 5.82. The van der Waals surface area contributed by atoms with E-state index in [9.17, 15) is 4.79 Å². The third-order valence-electron chi connectivity index (χ3n) is 2.75. The van der Waals surface area contributed by atoms with E-state index in [4.69, 9.17) is 12.2 Å². The van der Waals surface area contributed by atoms with E-state index in [1.807, 2.05) is 4.90 Å². The lowest BCUT2D eigenvalue weighted by molar-refractivity contribution is -0.133. The smallest absolute Gasteiger partial charge is 0.240 e. The zero-order valence-electron chi connectivity index (χ0n) is 8.70.